The van der Waals surface area contributed by atoms with E-state index in [4.69, 9.17) is 5.73 Å². The fourth-order valence-corrected chi connectivity index (χ4v) is 1.24. The molecule has 3 nitrogen and oxygen atoms in total. The Balaban J connectivity index is 2.07. The Morgan fingerprint density at radius 3 is 3.10 bits per heavy atom. The molecule has 0 unspecified atom stereocenters. The van der Waals surface area contributed by atoms with Gasteiger partial charge < -0.3 is 16.4 Å². The zero-order valence-corrected chi connectivity index (χ0v) is 6.71. The zero-order chi connectivity index (χ0) is 7.40. The van der Waals surface area contributed by atoms with Gasteiger partial charge in [0.05, 0.1) is 0 Å². The van der Waals surface area contributed by atoms with Crippen molar-refractivity contribution in [3.63, 3.8) is 0 Å². The van der Waals surface area contributed by atoms with Crippen LogP contribution in [-0.2, 0) is 0 Å². The highest BCUT2D eigenvalue weighted by Crippen LogP contribution is 2.02. The number of hydrogen-bond donors (Lipinski definition) is 3. The third-order valence-electron chi connectivity index (χ3n) is 1.69. The van der Waals surface area contributed by atoms with Gasteiger partial charge >= 0.3 is 0 Å². The van der Waals surface area contributed by atoms with Crippen LogP contribution in [0.1, 0.15) is 12.8 Å². The normalized spacial score (nSPS) is 24.6. The lowest BCUT2D eigenvalue weighted by atomic mass is 10.2. The molecule has 10 heavy (non-hydrogen) atoms. The van der Waals surface area contributed by atoms with E-state index in [1.165, 1.54) is 12.8 Å². The Bertz CT molecular complexity index is 120. The molecule has 0 aliphatic carbocycles. The number of nitrogens with one attached hydrogen (secondary N) is 2. The molecule has 0 aromatic heterocycles. The molecule has 0 spiro atoms. The molecule has 0 amide bonds. The molecule has 0 bridgehead atoms. The molecule has 0 saturated carbocycles. The van der Waals surface area contributed by atoms with E-state index < -0.39 is 0 Å². The first-order valence-corrected chi connectivity index (χ1v) is 3.96. The van der Waals surface area contributed by atoms with Gasteiger partial charge in [0, 0.05) is 12.6 Å². The Morgan fingerprint density at radius 1 is 1.80 bits per heavy atom. The van der Waals surface area contributed by atoms with Crippen LogP contribution in [0.3, 0.4) is 0 Å². The van der Waals surface area contributed by atoms with Gasteiger partial charge in [0.1, 0.15) is 0 Å². The van der Waals surface area contributed by atoms with Crippen molar-refractivity contribution in [1.82, 2.24) is 10.6 Å². The maximum atomic E-state index is 5.26. The van der Waals surface area contributed by atoms with Gasteiger partial charge in [-0.2, -0.15) is 0 Å². The summed E-state index contributed by atoms with van der Waals surface area (Å²) in [5.41, 5.74) is 5.26. The van der Waals surface area contributed by atoms with Crippen molar-refractivity contribution in [2.45, 2.75) is 18.9 Å². The van der Waals surface area contributed by atoms with Crippen molar-refractivity contribution in [2.75, 3.05) is 13.1 Å². The van der Waals surface area contributed by atoms with Gasteiger partial charge in [-0.1, -0.05) is 0 Å². The Kier molecular flexibility index (Phi) is 2.89. The molecule has 1 aliphatic rings. The van der Waals surface area contributed by atoms with Crippen LogP contribution in [0, 0.1) is 0 Å². The maximum Gasteiger partial charge on any atom is 0.163 e. The van der Waals surface area contributed by atoms with Gasteiger partial charge in [-0.15, -0.1) is 0 Å². The first-order valence-electron chi connectivity index (χ1n) is 3.56. The van der Waals surface area contributed by atoms with Crippen LogP contribution >= 0.6 is 12.2 Å². The van der Waals surface area contributed by atoms with E-state index >= 15 is 0 Å². The SMILES string of the molecule is NC(=S)NC[C@@H]1CCCN1. The summed E-state index contributed by atoms with van der Waals surface area (Å²) in [6.45, 7) is 2.00. The van der Waals surface area contributed by atoms with Crippen LogP contribution < -0.4 is 16.4 Å². The van der Waals surface area contributed by atoms with Crippen molar-refractivity contribution in [3.05, 3.63) is 0 Å². The quantitative estimate of drug-likeness (QED) is 0.479. The van der Waals surface area contributed by atoms with Crippen LogP contribution in [-0.4, -0.2) is 24.2 Å². The van der Waals surface area contributed by atoms with Gasteiger partial charge in [-0.25, -0.2) is 0 Å². The van der Waals surface area contributed by atoms with Crippen molar-refractivity contribution in [3.8, 4) is 0 Å². The van der Waals surface area contributed by atoms with Gasteiger partial charge in [0.25, 0.3) is 0 Å². The highest BCUT2D eigenvalue weighted by atomic mass is 32.1. The minimum atomic E-state index is 0.397. The number of rotatable bonds is 2. The average molecular weight is 159 g/mol. The van der Waals surface area contributed by atoms with Gasteiger partial charge in [-0.05, 0) is 31.6 Å². The predicted octanol–water partition coefficient (Wildman–Crippen LogP) is -0.428. The smallest absolute Gasteiger partial charge is 0.163 e. The molecule has 4 heteroatoms. The summed E-state index contributed by atoms with van der Waals surface area (Å²) < 4.78 is 0. The van der Waals surface area contributed by atoms with Gasteiger partial charge in [0.15, 0.2) is 5.11 Å². The Labute approximate surface area is 66.4 Å². The van der Waals surface area contributed by atoms with Crippen LogP contribution in [0.2, 0.25) is 0 Å². The highest BCUT2D eigenvalue weighted by molar-refractivity contribution is 7.80. The molecule has 0 aromatic carbocycles. The zero-order valence-electron chi connectivity index (χ0n) is 5.89. The fourth-order valence-electron chi connectivity index (χ4n) is 1.15. The molecule has 4 N–H and O–H groups in total. The summed E-state index contributed by atoms with van der Waals surface area (Å²) >= 11 is 4.67. The largest absolute Gasteiger partial charge is 0.376 e. The lowest BCUT2D eigenvalue weighted by Gasteiger charge is -2.10. The molecule has 0 aromatic rings. The third-order valence-corrected chi connectivity index (χ3v) is 1.83. The molecule has 1 heterocycles. The van der Waals surface area contributed by atoms with Crippen molar-refractivity contribution in [1.29, 1.82) is 0 Å². The molecule has 1 rings (SSSR count). The Morgan fingerprint density at radius 2 is 2.60 bits per heavy atom. The van der Waals surface area contributed by atoms with E-state index in [1.54, 1.807) is 0 Å². The predicted molar refractivity (Wildman–Crippen MR) is 45.8 cm³/mol. The van der Waals surface area contributed by atoms with E-state index in [9.17, 15) is 0 Å². The average Bonchev–Trinajstić information content (AvgIpc) is 2.34. The van der Waals surface area contributed by atoms with Gasteiger partial charge in [-0.3, -0.25) is 0 Å². The molecule has 1 fully saturated rings. The second-order valence-corrected chi connectivity index (χ2v) is 2.98. The summed E-state index contributed by atoms with van der Waals surface area (Å²) in [4.78, 5) is 0. The van der Waals surface area contributed by atoms with E-state index in [2.05, 4.69) is 22.9 Å². The first-order chi connectivity index (χ1) is 4.79. The second-order valence-electron chi connectivity index (χ2n) is 2.54. The summed E-state index contributed by atoms with van der Waals surface area (Å²) in [5.74, 6) is 0. The Hall–Kier alpha value is -0.350. The number of thiocarbonyl (C=S) groups is 1. The van der Waals surface area contributed by atoms with Crippen LogP contribution in [0.4, 0.5) is 0 Å². The third kappa shape index (κ3) is 2.49. The summed E-state index contributed by atoms with van der Waals surface area (Å²) in [7, 11) is 0. The molecule has 1 atom stereocenters. The minimum Gasteiger partial charge on any atom is -0.376 e. The molecule has 1 saturated heterocycles. The monoisotopic (exact) mass is 159 g/mol. The summed E-state index contributed by atoms with van der Waals surface area (Å²) in [6.07, 6.45) is 2.50. The van der Waals surface area contributed by atoms with Crippen molar-refractivity contribution >= 4 is 17.3 Å². The maximum absolute atomic E-state index is 5.26. The lowest BCUT2D eigenvalue weighted by molar-refractivity contribution is 0.590. The van der Waals surface area contributed by atoms with E-state index in [0.29, 0.717) is 11.2 Å². The lowest BCUT2D eigenvalue weighted by Crippen LogP contribution is -2.39. The van der Waals surface area contributed by atoms with Crippen LogP contribution in [0.15, 0.2) is 0 Å². The fraction of sp³-hybridized carbons (Fsp3) is 0.833. The van der Waals surface area contributed by atoms with E-state index in [1.807, 2.05) is 0 Å². The summed E-state index contributed by atoms with van der Waals surface area (Å²) in [6, 6.07) is 0.571. The van der Waals surface area contributed by atoms with E-state index in [0.717, 1.165) is 13.1 Å². The molecule has 0 radical (unpaired) electrons. The molecule has 1 aliphatic heterocycles. The number of nitrogens with two attached hydrogens (primary N) is 1. The standard InChI is InChI=1S/C6H13N3S/c7-6(10)9-4-5-2-1-3-8-5/h5,8H,1-4H2,(H3,7,9,10)/t5-/m0/s1. The van der Waals surface area contributed by atoms with Crippen LogP contribution in [0.25, 0.3) is 0 Å². The molecule has 58 valence electrons. The minimum absolute atomic E-state index is 0.397. The molecular formula is C6H13N3S. The topological polar surface area (TPSA) is 50.1 Å². The highest BCUT2D eigenvalue weighted by Gasteiger charge is 2.12. The van der Waals surface area contributed by atoms with Gasteiger partial charge in [0.2, 0.25) is 0 Å². The number of hydrogen-bond acceptors (Lipinski definition) is 2. The van der Waals surface area contributed by atoms with Crippen LogP contribution in [0.5, 0.6) is 0 Å². The van der Waals surface area contributed by atoms with E-state index in [-0.39, 0.29) is 0 Å². The second kappa shape index (κ2) is 3.73. The van der Waals surface area contributed by atoms with Crippen molar-refractivity contribution in [2.24, 2.45) is 5.73 Å². The van der Waals surface area contributed by atoms with Crippen molar-refractivity contribution < 1.29 is 0 Å². The first kappa shape index (κ1) is 7.75. The summed E-state index contributed by atoms with van der Waals surface area (Å²) in [5, 5.41) is 6.67. The molecular weight excluding hydrogens is 146 g/mol.